The minimum atomic E-state index is 0. The van der Waals surface area contributed by atoms with E-state index in [4.69, 9.17) is 5.73 Å². The van der Waals surface area contributed by atoms with Crippen molar-refractivity contribution in [2.75, 3.05) is 13.6 Å². The van der Waals surface area contributed by atoms with Gasteiger partial charge < -0.3 is 5.73 Å². The molecule has 70 valence electrons. The summed E-state index contributed by atoms with van der Waals surface area (Å²) in [6.07, 6.45) is 2.60. The molecule has 2 N–H and O–H groups in total. The van der Waals surface area contributed by atoms with Crippen LogP contribution in [0.15, 0.2) is 0 Å². The fourth-order valence-corrected chi connectivity index (χ4v) is 1.48. The zero-order chi connectivity index (χ0) is 6.85. The van der Waals surface area contributed by atoms with E-state index >= 15 is 0 Å². The monoisotopic (exact) mass is 200 g/mol. The smallest absolute Gasteiger partial charge is 0.0218 e. The van der Waals surface area contributed by atoms with E-state index in [9.17, 15) is 0 Å². The number of nitrogens with zero attached hydrogens (tertiary/aromatic N) is 1. The Hall–Kier alpha value is 0.500. The molecule has 0 aromatic carbocycles. The summed E-state index contributed by atoms with van der Waals surface area (Å²) in [5.41, 5.74) is 5.54. The van der Waals surface area contributed by atoms with Crippen LogP contribution in [0, 0.1) is 0 Å². The second-order valence-corrected chi connectivity index (χ2v) is 2.98. The van der Waals surface area contributed by atoms with E-state index in [0.717, 1.165) is 12.6 Å². The average Bonchev–Trinajstić information content (AvgIpc) is 2.15. The Morgan fingerprint density at radius 3 is 2.09 bits per heavy atom. The van der Waals surface area contributed by atoms with Gasteiger partial charge in [-0.05, 0) is 26.8 Å². The lowest BCUT2D eigenvalue weighted by atomic mass is 10.2. The Labute approximate surface area is 81.3 Å². The zero-order valence-corrected chi connectivity index (χ0v) is 8.75. The molecule has 0 unspecified atom stereocenters. The highest BCUT2D eigenvalue weighted by molar-refractivity contribution is 5.85. The summed E-state index contributed by atoms with van der Waals surface area (Å²) in [4.78, 5) is 2.38. The zero-order valence-electron chi connectivity index (χ0n) is 7.12. The van der Waals surface area contributed by atoms with Gasteiger partial charge in [-0.1, -0.05) is 0 Å². The molecule has 0 bridgehead atoms. The molecule has 1 fully saturated rings. The van der Waals surface area contributed by atoms with Gasteiger partial charge in [0.25, 0.3) is 0 Å². The number of halogens is 2. The SMILES string of the molecule is C[C@H]1CC[C@@H](CN)N1C.Cl.Cl. The van der Waals surface area contributed by atoms with Crippen molar-refractivity contribution in [2.24, 2.45) is 5.73 Å². The van der Waals surface area contributed by atoms with Gasteiger partial charge in [0.05, 0.1) is 0 Å². The van der Waals surface area contributed by atoms with Gasteiger partial charge in [0.15, 0.2) is 0 Å². The van der Waals surface area contributed by atoms with Crippen LogP contribution in [-0.4, -0.2) is 30.6 Å². The predicted octanol–water partition coefficient (Wildman–Crippen LogP) is 1.27. The molecule has 1 saturated heterocycles. The Kier molecular flexibility index (Phi) is 7.75. The molecule has 1 heterocycles. The van der Waals surface area contributed by atoms with Crippen LogP contribution in [-0.2, 0) is 0 Å². The van der Waals surface area contributed by atoms with Crippen molar-refractivity contribution in [2.45, 2.75) is 31.8 Å². The van der Waals surface area contributed by atoms with Crippen LogP contribution in [0.1, 0.15) is 19.8 Å². The van der Waals surface area contributed by atoms with Crippen LogP contribution >= 0.6 is 24.8 Å². The molecule has 0 aromatic heterocycles. The van der Waals surface area contributed by atoms with E-state index < -0.39 is 0 Å². The topological polar surface area (TPSA) is 29.3 Å². The minimum Gasteiger partial charge on any atom is -0.329 e. The summed E-state index contributed by atoms with van der Waals surface area (Å²) in [6.45, 7) is 3.08. The highest BCUT2D eigenvalue weighted by atomic mass is 35.5. The molecule has 0 saturated carbocycles. The Morgan fingerprint density at radius 1 is 1.36 bits per heavy atom. The Bertz CT molecular complexity index is 100. The second-order valence-electron chi connectivity index (χ2n) is 2.98. The molecule has 0 aliphatic carbocycles. The lowest BCUT2D eigenvalue weighted by Gasteiger charge is -2.21. The third-order valence-corrected chi connectivity index (χ3v) is 2.46. The molecule has 0 aromatic rings. The summed E-state index contributed by atoms with van der Waals surface area (Å²) in [5.74, 6) is 0. The van der Waals surface area contributed by atoms with Crippen LogP contribution in [0.4, 0.5) is 0 Å². The number of hydrogen-bond donors (Lipinski definition) is 1. The van der Waals surface area contributed by atoms with E-state index in [1.165, 1.54) is 12.8 Å². The first-order valence-corrected chi connectivity index (χ1v) is 3.67. The first kappa shape index (κ1) is 14.0. The third-order valence-electron chi connectivity index (χ3n) is 2.46. The van der Waals surface area contributed by atoms with E-state index in [1.54, 1.807) is 0 Å². The van der Waals surface area contributed by atoms with E-state index in [-0.39, 0.29) is 24.8 Å². The maximum atomic E-state index is 5.54. The van der Waals surface area contributed by atoms with Crippen LogP contribution in [0.2, 0.25) is 0 Å². The van der Waals surface area contributed by atoms with Gasteiger partial charge in [-0.2, -0.15) is 0 Å². The summed E-state index contributed by atoms with van der Waals surface area (Å²) in [5, 5.41) is 0. The summed E-state index contributed by atoms with van der Waals surface area (Å²) >= 11 is 0. The number of hydrogen-bond acceptors (Lipinski definition) is 2. The lowest BCUT2D eigenvalue weighted by molar-refractivity contribution is 0.258. The molecule has 0 amide bonds. The normalized spacial score (nSPS) is 30.8. The van der Waals surface area contributed by atoms with Gasteiger partial charge in [-0.25, -0.2) is 0 Å². The molecular weight excluding hydrogens is 183 g/mol. The fraction of sp³-hybridized carbons (Fsp3) is 1.00. The molecule has 4 heteroatoms. The molecule has 0 radical (unpaired) electrons. The second kappa shape index (κ2) is 6.06. The van der Waals surface area contributed by atoms with Crippen molar-refractivity contribution in [3.8, 4) is 0 Å². The highest BCUT2D eigenvalue weighted by Crippen LogP contribution is 2.20. The van der Waals surface area contributed by atoms with Gasteiger partial charge >= 0.3 is 0 Å². The first-order valence-electron chi connectivity index (χ1n) is 3.67. The largest absolute Gasteiger partial charge is 0.329 e. The van der Waals surface area contributed by atoms with Crippen molar-refractivity contribution in [3.63, 3.8) is 0 Å². The summed E-state index contributed by atoms with van der Waals surface area (Å²) < 4.78 is 0. The fourth-order valence-electron chi connectivity index (χ4n) is 1.48. The molecule has 2 atom stereocenters. The molecular formula is C7H18Cl2N2. The quantitative estimate of drug-likeness (QED) is 0.692. The number of likely N-dealkylation sites (tertiary alicyclic amines) is 1. The lowest BCUT2D eigenvalue weighted by Crippen LogP contribution is -2.35. The van der Waals surface area contributed by atoms with Crippen LogP contribution < -0.4 is 5.73 Å². The van der Waals surface area contributed by atoms with E-state index in [2.05, 4.69) is 18.9 Å². The highest BCUT2D eigenvalue weighted by Gasteiger charge is 2.25. The first-order chi connectivity index (χ1) is 4.25. The van der Waals surface area contributed by atoms with Gasteiger partial charge in [0, 0.05) is 18.6 Å². The van der Waals surface area contributed by atoms with Gasteiger partial charge in [-0.3, -0.25) is 4.90 Å². The molecule has 1 aliphatic heterocycles. The van der Waals surface area contributed by atoms with E-state index in [0.29, 0.717) is 6.04 Å². The summed E-state index contributed by atoms with van der Waals surface area (Å²) in [7, 11) is 2.16. The average molecular weight is 201 g/mol. The Balaban J connectivity index is 0. The minimum absolute atomic E-state index is 0. The van der Waals surface area contributed by atoms with Crippen molar-refractivity contribution in [1.29, 1.82) is 0 Å². The maximum absolute atomic E-state index is 5.54. The van der Waals surface area contributed by atoms with Crippen molar-refractivity contribution < 1.29 is 0 Å². The molecule has 11 heavy (non-hydrogen) atoms. The number of likely N-dealkylation sites (N-methyl/N-ethyl adjacent to an activating group) is 1. The van der Waals surface area contributed by atoms with Crippen LogP contribution in [0.5, 0.6) is 0 Å². The van der Waals surface area contributed by atoms with Crippen LogP contribution in [0.25, 0.3) is 0 Å². The van der Waals surface area contributed by atoms with E-state index in [1.807, 2.05) is 0 Å². The van der Waals surface area contributed by atoms with Crippen LogP contribution in [0.3, 0.4) is 0 Å². The summed E-state index contributed by atoms with van der Waals surface area (Å²) in [6, 6.07) is 1.40. The maximum Gasteiger partial charge on any atom is 0.0218 e. The molecule has 0 spiro atoms. The van der Waals surface area contributed by atoms with Crippen molar-refractivity contribution >= 4 is 24.8 Å². The van der Waals surface area contributed by atoms with Crippen molar-refractivity contribution in [1.82, 2.24) is 4.90 Å². The predicted molar refractivity (Wildman–Crippen MR) is 53.8 cm³/mol. The molecule has 2 nitrogen and oxygen atoms in total. The van der Waals surface area contributed by atoms with Gasteiger partial charge in [0.2, 0.25) is 0 Å². The van der Waals surface area contributed by atoms with Gasteiger partial charge in [-0.15, -0.1) is 24.8 Å². The molecule has 1 rings (SSSR count). The number of nitrogens with two attached hydrogens (primary N) is 1. The van der Waals surface area contributed by atoms with Crippen molar-refractivity contribution in [3.05, 3.63) is 0 Å². The third kappa shape index (κ3) is 3.16. The standard InChI is InChI=1S/C7H16N2.2ClH/c1-6-3-4-7(5-8)9(6)2;;/h6-7H,3-5,8H2,1-2H3;2*1H/t6-,7-;;/m0../s1. The van der Waals surface area contributed by atoms with Gasteiger partial charge in [0.1, 0.15) is 0 Å². The molecule has 1 aliphatic rings. The number of rotatable bonds is 1. The Morgan fingerprint density at radius 2 is 1.91 bits per heavy atom.